The number of anilines is 1. The second-order valence-electron chi connectivity index (χ2n) is 9.51. The molecular weight excluding hydrogens is 503 g/mol. The van der Waals surface area contributed by atoms with Gasteiger partial charge in [-0.15, -0.1) is 0 Å². The monoisotopic (exact) mass is 533 g/mol. The number of carbonyl (C=O) groups is 2. The van der Waals surface area contributed by atoms with Crippen molar-refractivity contribution in [3.05, 3.63) is 53.1 Å². The third-order valence-electron chi connectivity index (χ3n) is 7.12. The Morgan fingerprint density at radius 2 is 1.87 bits per heavy atom. The molecule has 1 fully saturated rings. The predicted molar refractivity (Wildman–Crippen MR) is 135 cm³/mol. The standard InChI is InChI=1S/C27H30F3N3O5/c1-37-23-11-17-6-8-31-22(21(17)14-24(23)38-2)10-18-15-33(9-7-16(18)12-25(34)35)26(36)32-20-5-3-4-19(13-20)27(28,29)30/h3-5,11,13-14,16,18H,6-10,12,15H2,1-2H3,(H,32,36)(H,34,35)/t16-,18-/m0/s1. The van der Waals surface area contributed by atoms with Crippen LogP contribution in [0.2, 0.25) is 0 Å². The maximum absolute atomic E-state index is 13.1. The molecule has 0 saturated carbocycles. The summed E-state index contributed by atoms with van der Waals surface area (Å²) in [5, 5.41) is 12.0. The molecule has 0 bridgehead atoms. The number of nitrogens with zero attached hydrogens (tertiary/aromatic N) is 2. The normalized spacial score (nSPS) is 19.3. The molecular formula is C27H30F3N3O5. The summed E-state index contributed by atoms with van der Waals surface area (Å²) in [5.74, 6) is -0.123. The van der Waals surface area contributed by atoms with E-state index in [-0.39, 0.29) is 30.5 Å². The highest BCUT2D eigenvalue weighted by Crippen LogP contribution is 2.36. The van der Waals surface area contributed by atoms with Gasteiger partial charge in [-0.2, -0.15) is 13.2 Å². The number of carboxylic acids is 1. The smallest absolute Gasteiger partial charge is 0.416 e. The van der Waals surface area contributed by atoms with Gasteiger partial charge in [0, 0.05) is 43.0 Å². The van der Waals surface area contributed by atoms with Gasteiger partial charge in [-0.25, -0.2) is 4.79 Å². The van der Waals surface area contributed by atoms with Crippen molar-refractivity contribution >= 4 is 23.4 Å². The van der Waals surface area contributed by atoms with Gasteiger partial charge in [0.1, 0.15) is 0 Å². The quantitative estimate of drug-likeness (QED) is 0.516. The number of halogens is 3. The lowest BCUT2D eigenvalue weighted by atomic mass is 9.78. The third kappa shape index (κ3) is 6.20. The van der Waals surface area contributed by atoms with Crippen LogP contribution in [0.5, 0.6) is 11.5 Å². The Morgan fingerprint density at radius 3 is 2.55 bits per heavy atom. The molecule has 2 aliphatic rings. The van der Waals surface area contributed by atoms with Crippen LogP contribution in [0.1, 0.15) is 36.0 Å². The van der Waals surface area contributed by atoms with Gasteiger partial charge >= 0.3 is 18.2 Å². The van der Waals surface area contributed by atoms with E-state index < -0.39 is 23.7 Å². The van der Waals surface area contributed by atoms with Crippen molar-refractivity contribution in [2.24, 2.45) is 16.8 Å². The number of carbonyl (C=O) groups excluding carboxylic acids is 1. The van der Waals surface area contributed by atoms with Crippen molar-refractivity contribution < 1.29 is 37.3 Å². The molecule has 0 aliphatic carbocycles. The number of nitrogens with one attached hydrogen (secondary N) is 1. The molecule has 204 valence electrons. The predicted octanol–water partition coefficient (Wildman–Crippen LogP) is 5.10. The maximum Gasteiger partial charge on any atom is 0.416 e. The average molecular weight is 534 g/mol. The van der Waals surface area contributed by atoms with Gasteiger partial charge in [0.15, 0.2) is 11.5 Å². The van der Waals surface area contributed by atoms with Crippen molar-refractivity contribution in [2.45, 2.75) is 31.9 Å². The molecule has 8 nitrogen and oxygen atoms in total. The second-order valence-corrected chi connectivity index (χ2v) is 9.51. The zero-order chi connectivity index (χ0) is 27.4. The minimum atomic E-state index is -4.52. The number of methoxy groups -OCH3 is 2. The number of hydrogen-bond donors (Lipinski definition) is 2. The Balaban J connectivity index is 1.53. The molecule has 2 atom stereocenters. The number of urea groups is 1. The van der Waals surface area contributed by atoms with Crippen molar-refractivity contribution in [1.29, 1.82) is 0 Å². The molecule has 2 heterocycles. The number of alkyl halides is 3. The van der Waals surface area contributed by atoms with Gasteiger partial charge in [-0.05, 0) is 67.0 Å². The fourth-order valence-electron chi connectivity index (χ4n) is 5.18. The molecule has 0 spiro atoms. The van der Waals surface area contributed by atoms with E-state index in [9.17, 15) is 27.9 Å². The zero-order valence-electron chi connectivity index (χ0n) is 21.2. The first-order valence-electron chi connectivity index (χ1n) is 12.3. The minimum Gasteiger partial charge on any atom is -0.493 e. The summed E-state index contributed by atoms with van der Waals surface area (Å²) in [7, 11) is 3.12. The maximum atomic E-state index is 13.1. The number of piperidine rings is 1. The number of aliphatic imine (C=N–C) groups is 1. The lowest BCUT2D eigenvalue weighted by molar-refractivity contribution is -0.139. The van der Waals surface area contributed by atoms with Crippen LogP contribution in [-0.4, -0.2) is 61.6 Å². The lowest BCUT2D eigenvalue weighted by Gasteiger charge is -2.38. The van der Waals surface area contributed by atoms with Crippen molar-refractivity contribution in [2.75, 3.05) is 39.2 Å². The summed E-state index contributed by atoms with van der Waals surface area (Å²) in [6.45, 7) is 1.13. The molecule has 2 aromatic carbocycles. The topological polar surface area (TPSA) is 100 Å². The van der Waals surface area contributed by atoms with E-state index in [0.29, 0.717) is 37.4 Å². The fraction of sp³-hybridized carbons (Fsp3) is 0.444. The molecule has 0 radical (unpaired) electrons. The Labute approximate surface area is 218 Å². The highest BCUT2D eigenvalue weighted by molar-refractivity contribution is 6.03. The van der Waals surface area contributed by atoms with Crippen LogP contribution >= 0.6 is 0 Å². The summed E-state index contributed by atoms with van der Waals surface area (Å²) in [5.41, 5.74) is 1.97. The van der Waals surface area contributed by atoms with Crippen LogP contribution in [0.25, 0.3) is 0 Å². The van der Waals surface area contributed by atoms with E-state index in [0.717, 1.165) is 35.4 Å². The zero-order valence-corrected chi connectivity index (χ0v) is 21.2. The Bertz CT molecular complexity index is 1230. The van der Waals surface area contributed by atoms with Gasteiger partial charge in [-0.1, -0.05) is 6.07 Å². The van der Waals surface area contributed by atoms with Crippen molar-refractivity contribution in [3.63, 3.8) is 0 Å². The molecule has 38 heavy (non-hydrogen) atoms. The van der Waals surface area contributed by atoms with E-state index in [1.54, 1.807) is 14.2 Å². The molecule has 2 N–H and O–H groups in total. The van der Waals surface area contributed by atoms with Crippen LogP contribution in [0, 0.1) is 11.8 Å². The average Bonchev–Trinajstić information content (AvgIpc) is 2.88. The molecule has 2 aromatic rings. The van der Waals surface area contributed by atoms with Crippen LogP contribution in [0.3, 0.4) is 0 Å². The first-order valence-corrected chi connectivity index (χ1v) is 12.3. The number of benzene rings is 2. The van der Waals surface area contributed by atoms with E-state index in [4.69, 9.17) is 14.5 Å². The van der Waals surface area contributed by atoms with E-state index in [1.165, 1.54) is 17.0 Å². The van der Waals surface area contributed by atoms with Gasteiger partial charge in [-0.3, -0.25) is 9.79 Å². The Kier molecular flexibility index (Phi) is 8.13. The van der Waals surface area contributed by atoms with E-state index >= 15 is 0 Å². The van der Waals surface area contributed by atoms with E-state index in [1.807, 2.05) is 12.1 Å². The first-order chi connectivity index (χ1) is 18.1. The van der Waals surface area contributed by atoms with Gasteiger partial charge in [0.2, 0.25) is 0 Å². The summed E-state index contributed by atoms with van der Waals surface area (Å²) < 4.78 is 50.1. The number of amides is 2. The van der Waals surface area contributed by atoms with Crippen LogP contribution in [0.15, 0.2) is 41.4 Å². The van der Waals surface area contributed by atoms with Crippen LogP contribution < -0.4 is 14.8 Å². The number of rotatable bonds is 7. The number of ether oxygens (including phenoxy) is 2. The molecule has 4 rings (SSSR count). The summed E-state index contributed by atoms with van der Waals surface area (Å²) in [6.07, 6.45) is -2.93. The summed E-state index contributed by atoms with van der Waals surface area (Å²) in [6, 6.07) is 7.74. The van der Waals surface area contributed by atoms with Gasteiger partial charge in [0.25, 0.3) is 0 Å². The first kappa shape index (κ1) is 27.3. The van der Waals surface area contributed by atoms with E-state index in [2.05, 4.69) is 5.32 Å². The largest absolute Gasteiger partial charge is 0.493 e. The molecule has 2 amide bonds. The number of fused-ring (bicyclic) bond motifs is 1. The number of hydrogen-bond acceptors (Lipinski definition) is 5. The SMILES string of the molecule is COc1cc2c(cc1OC)C(C[C@H]1CN(C(=O)Nc3cccc(C(F)(F)F)c3)CC[C@H]1CC(=O)O)=NCC2. The highest BCUT2D eigenvalue weighted by atomic mass is 19.4. The summed E-state index contributed by atoms with van der Waals surface area (Å²) >= 11 is 0. The molecule has 2 aliphatic heterocycles. The van der Waals surface area contributed by atoms with Crippen molar-refractivity contribution in [3.8, 4) is 11.5 Å². The molecule has 0 aromatic heterocycles. The van der Waals surface area contributed by atoms with Crippen LogP contribution in [0.4, 0.5) is 23.7 Å². The van der Waals surface area contributed by atoms with Crippen molar-refractivity contribution in [1.82, 2.24) is 4.90 Å². The molecule has 0 unspecified atom stereocenters. The Hall–Kier alpha value is -3.76. The van der Waals surface area contributed by atoms with Gasteiger partial charge < -0.3 is 24.8 Å². The minimum absolute atomic E-state index is 0.0418. The summed E-state index contributed by atoms with van der Waals surface area (Å²) in [4.78, 5) is 30.8. The molecule has 1 saturated heterocycles. The van der Waals surface area contributed by atoms with Crippen LogP contribution in [-0.2, 0) is 17.4 Å². The second kappa shape index (κ2) is 11.3. The van der Waals surface area contributed by atoms with Gasteiger partial charge in [0.05, 0.1) is 19.8 Å². The number of aliphatic carboxylic acids is 1. The number of likely N-dealkylation sites (tertiary alicyclic amines) is 1. The Morgan fingerprint density at radius 1 is 1.13 bits per heavy atom. The fourth-order valence-corrected chi connectivity index (χ4v) is 5.18. The molecule has 11 heteroatoms. The number of carboxylic acid groups (broad SMARTS) is 1. The highest BCUT2D eigenvalue weighted by Gasteiger charge is 2.35. The lowest BCUT2D eigenvalue weighted by Crippen LogP contribution is -2.46. The third-order valence-corrected chi connectivity index (χ3v) is 7.12.